The molecule has 0 saturated carbocycles. The van der Waals surface area contributed by atoms with Gasteiger partial charge in [0.05, 0.1) is 12.0 Å². The number of hydrogen-bond donors (Lipinski definition) is 3. The Hall–Kier alpha value is -3.49. The van der Waals surface area contributed by atoms with E-state index in [1.807, 2.05) is 62.4 Å². The van der Waals surface area contributed by atoms with Crippen molar-refractivity contribution in [3.05, 3.63) is 77.4 Å². The number of likely N-dealkylation sites (tertiary alicyclic amines) is 1. The molecule has 0 radical (unpaired) electrons. The molecule has 0 bridgehead atoms. The summed E-state index contributed by atoms with van der Waals surface area (Å²) in [7, 11) is 0. The maximum atomic E-state index is 13.8. The predicted octanol–water partition coefficient (Wildman–Crippen LogP) is 3.92. The molecule has 2 aromatic carbocycles. The van der Waals surface area contributed by atoms with Gasteiger partial charge in [-0.05, 0) is 74.6 Å². The lowest BCUT2D eigenvalue weighted by Gasteiger charge is -2.40. The number of carbonyl (C=O) groups is 3. The normalized spacial score (nSPS) is 25.7. The van der Waals surface area contributed by atoms with Crippen LogP contribution in [0.5, 0.6) is 0 Å². The van der Waals surface area contributed by atoms with Crippen LogP contribution in [0.3, 0.4) is 0 Å². The summed E-state index contributed by atoms with van der Waals surface area (Å²) in [5, 5.41) is 9.54. The van der Waals surface area contributed by atoms with Crippen molar-refractivity contribution in [1.82, 2.24) is 15.5 Å². The lowest BCUT2D eigenvalue weighted by Crippen LogP contribution is -2.58. The van der Waals surface area contributed by atoms with Crippen LogP contribution in [-0.2, 0) is 25.5 Å². The summed E-state index contributed by atoms with van der Waals surface area (Å²) in [6, 6.07) is 15.2. The number of allylic oxidation sites excluding steroid dienone is 2. The molecule has 1 spiro atoms. The summed E-state index contributed by atoms with van der Waals surface area (Å²) in [4.78, 5) is 42.7. The first-order valence-corrected chi connectivity index (χ1v) is 15.3. The molecule has 8 nitrogen and oxygen atoms in total. The molecule has 3 atom stereocenters. The molecule has 2 fully saturated rings. The number of nitrogens with one attached hydrogen (secondary N) is 3. The highest BCUT2D eigenvalue weighted by Gasteiger charge is 2.41. The molecule has 42 heavy (non-hydrogen) atoms. The van der Waals surface area contributed by atoms with Crippen molar-refractivity contribution in [3.63, 3.8) is 0 Å². The quantitative estimate of drug-likeness (QED) is 0.472. The second-order valence-electron chi connectivity index (χ2n) is 12.3. The maximum Gasteiger partial charge on any atom is 0.243 e. The van der Waals surface area contributed by atoms with Crippen molar-refractivity contribution in [3.8, 4) is 0 Å². The minimum Gasteiger partial charge on any atom is -0.381 e. The number of rotatable bonds is 5. The highest BCUT2D eigenvalue weighted by Crippen LogP contribution is 2.36. The second-order valence-corrected chi connectivity index (χ2v) is 12.3. The van der Waals surface area contributed by atoms with Gasteiger partial charge < -0.3 is 20.7 Å². The Labute approximate surface area is 249 Å². The number of amides is 3. The average molecular weight is 573 g/mol. The number of benzene rings is 2. The monoisotopic (exact) mass is 572 g/mol. The summed E-state index contributed by atoms with van der Waals surface area (Å²) in [6.45, 7) is 6.84. The fourth-order valence-electron chi connectivity index (χ4n) is 6.46. The predicted molar refractivity (Wildman–Crippen MR) is 164 cm³/mol. The minimum absolute atomic E-state index is 0.0259. The molecule has 2 aromatic rings. The van der Waals surface area contributed by atoms with Crippen LogP contribution in [0.2, 0.25) is 0 Å². The fraction of sp³-hybridized carbons (Fsp3) is 0.500. The third kappa shape index (κ3) is 7.47. The molecule has 8 heteroatoms. The third-order valence-electron chi connectivity index (χ3n) is 9.13. The van der Waals surface area contributed by atoms with Crippen molar-refractivity contribution < 1.29 is 19.1 Å². The summed E-state index contributed by atoms with van der Waals surface area (Å²) in [5.41, 5.74) is 3.43. The average Bonchev–Trinajstić information content (AvgIpc) is 2.98. The Morgan fingerprint density at radius 1 is 1.05 bits per heavy atom. The number of carbonyl (C=O) groups excluding carboxylic acids is 3. The van der Waals surface area contributed by atoms with E-state index in [2.05, 4.69) is 33.0 Å². The highest BCUT2D eigenvalue weighted by molar-refractivity contribution is 5.93. The molecule has 0 aliphatic carbocycles. The van der Waals surface area contributed by atoms with Gasteiger partial charge in [-0.25, -0.2) is 0 Å². The smallest absolute Gasteiger partial charge is 0.243 e. The van der Waals surface area contributed by atoms with Crippen LogP contribution in [0.15, 0.2) is 60.7 Å². The molecule has 0 aromatic heterocycles. The van der Waals surface area contributed by atoms with E-state index in [9.17, 15) is 14.4 Å². The van der Waals surface area contributed by atoms with Gasteiger partial charge in [0, 0.05) is 44.5 Å². The maximum absolute atomic E-state index is 13.8. The number of piperidine rings is 1. The van der Waals surface area contributed by atoms with Crippen LogP contribution in [0.4, 0.5) is 5.69 Å². The third-order valence-corrected chi connectivity index (χ3v) is 9.13. The van der Waals surface area contributed by atoms with E-state index in [1.165, 1.54) is 0 Å². The van der Waals surface area contributed by atoms with Gasteiger partial charge in [0.2, 0.25) is 17.7 Å². The number of nitrogens with zero attached hydrogens (tertiary/aromatic N) is 1. The first-order valence-electron chi connectivity index (χ1n) is 15.3. The molecule has 3 N–H and O–H groups in total. The van der Waals surface area contributed by atoms with Gasteiger partial charge in [0.25, 0.3) is 0 Å². The van der Waals surface area contributed by atoms with Crippen molar-refractivity contribution in [2.45, 2.75) is 64.5 Å². The highest BCUT2D eigenvalue weighted by atomic mass is 16.5. The molecule has 3 heterocycles. The summed E-state index contributed by atoms with van der Waals surface area (Å²) in [6.07, 6.45) is 8.16. The van der Waals surface area contributed by atoms with E-state index in [-0.39, 0.29) is 29.7 Å². The molecule has 224 valence electrons. The van der Waals surface area contributed by atoms with Crippen molar-refractivity contribution >= 4 is 23.4 Å². The summed E-state index contributed by atoms with van der Waals surface area (Å²) in [5.74, 6) is -0.0732. The van der Waals surface area contributed by atoms with E-state index in [1.54, 1.807) is 0 Å². The van der Waals surface area contributed by atoms with E-state index < -0.39 is 11.5 Å². The number of fused-ring (bicyclic) bond motifs is 1. The van der Waals surface area contributed by atoms with Gasteiger partial charge in [-0.2, -0.15) is 0 Å². The van der Waals surface area contributed by atoms with E-state index >= 15 is 0 Å². The van der Waals surface area contributed by atoms with Gasteiger partial charge in [-0.15, -0.1) is 0 Å². The Bertz CT molecular complexity index is 1290. The number of hydrogen-bond acceptors (Lipinski definition) is 5. The van der Waals surface area contributed by atoms with Crippen molar-refractivity contribution in [2.75, 3.05) is 38.2 Å². The first kappa shape index (κ1) is 30.0. The number of ether oxygens (including phenoxy) is 1. The summed E-state index contributed by atoms with van der Waals surface area (Å²) >= 11 is 0. The van der Waals surface area contributed by atoms with Crippen LogP contribution >= 0.6 is 0 Å². The van der Waals surface area contributed by atoms with E-state index in [0.717, 1.165) is 35.2 Å². The topological polar surface area (TPSA) is 99.8 Å². The molecular weight excluding hydrogens is 528 g/mol. The van der Waals surface area contributed by atoms with Gasteiger partial charge >= 0.3 is 0 Å². The van der Waals surface area contributed by atoms with Crippen LogP contribution < -0.4 is 16.0 Å². The lowest BCUT2D eigenvalue weighted by atomic mass is 9.75. The van der Waals surface area contributed by atoms with Crippen molar-refractivity contribution in [1.29, 1.82) is 0 Å². The number of anilines is 1. The van der Waals surface area contributed by atoms with Gasteiger partial charge in [0.15, 0.2) is 0 Å². The SMILES string of the molecule is Cc1ccc(C)c(NC(=O)CN2CC[C@@H]3NC(=O)[C@@H](Cc4ccccc4)NC(=O)C4(C/C=C/C[C@@H]3C2)CCOCC4)c1. The Balaban J connectivity index is 1.31. The van der Waals surface area contributed by atoms with Gasteiger partial charge in [0.1, 0.15) is 6.04 Å². The van der Waals surface area contributed by atoms with Crippen LogP contribution in [0.25, 0.3) is 0 Å². The largest absolute Gasteiger partial charge is 0.381 e. The zero-order valence-corrected chi connectivity index (χ0v) is 24.9. The van der Waals surface area contributed by atoms with E-state index in [4.69, 9.17) is 4.74 Å². The molecule has 3 amide bonds. The van der Waals surface area contributed by atoms with Crippen molar-refractivity contribution in [2.24, 2.45) is 11.3 Å². The number of aryl methyl sites for hydroxylation is 2. The molecule has 3 aliphatic rings. The van der Waals surface area contributed by atoms with Gasteiger partial charge in [-0.3, -0.25) is 19.3 Å². The Morgan fingerprint density at radius 2 is 1.83 bits per heavy atom. The Kier molecular flexibility index (Phi) is 9.75. The molecule has 5 rings (SSSR count). The standard InChI is InChI=1S/C34H44N4O4/c1-24-11-12-25(2)29(20-24)35-31(39)23-38-17-13-28-27(22-38)10-6-7-14-34(15-18-42-19-16-34)33(41)37-30(32(40)36-28)21-26-8-4-3-5-9-26/h3-9,11-12,20,27-28,30H,10,13-19,21-23H2,1-2H3,(H,35,39)(H,36,40)(H,37,41)/b7-6+/t27-,28+,30-/m1/s1. The first-order chi connectivity index (χ1) is 20.3. The summed E-state index contributed by atoms with van der Waals surface area (Å²) < 4.78 is 5.60. The lowest BCUT2D eigenvalue weighted by molar-refractivity contribution is -0.140. The zero-order valence-electron chi connectivity index (χ0n) is 24.9. The van der Waals surface area contributed by atoms with E-state index in [0.29, 0.717) is 58.5 Å². The molecule has 0 unspecified atom stereocenters. The van der Waals surface area contributed by atoms with Crippen LogP contribution in [-0.4, -0.2) is 67.6 Å². The molecule has 2 saturated heterocycles. The van der Waals surface area contributed by atoms with Crippen LogP contribution in [0.1, 0.15) is 48.8 Å². The van der Waals surface area contributed by atoms with Crippen LogP contribution in [0, 0.1) is 25.2 Å². The minimum atomic E-state index is -0.662. The fourth-order valence-corrected chi connectivity index (χ4v) is 6.46. The Morgan fingerprint density at radius 3 is 2.62 bits per heavy atom. The molecule has 3 aliphatic heterocycles. The zero-order chi connectivity index (χ0) is 29.5. The van der Waals surface area contributed by atoms with Gasteiger partial charge in [-0.1, -0.05) is 54.6 Å². The molecular formula is C34H44N4O4. The second kappa shape index (κ2) is 13.7.